The van der Waals surface area contributed by atoms with Crippen LogP contribution in [-0.2, 0) is 11.3 Å². The molecule has 6 heteroatoms. The van der Waals surface area contributed by atoms with Crippen molar-refractivity contribution in [1.82, 2.24) is 14.8 Å². The number of nitrogens with one attached hydrogen (secondary N) is 1. The van der Waals surface area contributed by atoms with Gasteiger partial charge in [0.05, 0.1) is 18.1 Å². The van der Waals surface area contributed by atoms with Crippen LogP contribution < -0.4 is 10.1 Å². The normalized spacial score (nSPS) is 11.0. The molecule has 0 unspecified atom stereocenters. The molecule has 2 heterocycles. The number of carbonyl (C=O) groups is 1. The van der Waals surface area contributed by atoms with Crippen LogP contribution in [0.25, 0.3) is 33.1 Å². The predicted octanol–water partition coefficient (Wildman–Crippen LogP) is 4.90. The minimum absolute atomic E-state index is 0.0779. The third-order valence-corrected chi connectivity index (χ3v) is 5.18. The number of nitrogens with zero attached hydrogens (tertiary/aromatic N) is 3. The molecule has 2 aromatic heterocycles. The molecule has 0 atom stereocenters. The number of amides is 1. The summed E-state index contributed by atoms with van der Waals surface area (Å²) in [6.07, 6.45) is 1.82. The lowest BCUT2D eigenvalue weighted by atomic mass is 10.1. The zero-order valence-corrected chi connectivity index (χ0v) is 16.9. The lowest BCUT2D eigenvalue weighted by molar-refractivity contribution is -0.116. The monoisotopic (exact) mass is 408 g/mol. The molecular weight excluding hydrogens is 388 g/mol. The smallest absolute Gasteiger partial charge is 0.246 e. The first kappa shape index (κ1) is 18.8. The molecule has 0 spiro atoms. The average molecular weight is 408 g/mol. The van der Waals surface area contributed by atoms with E-state index in [0.29, 0.717) is 0 Å². The van der Waals surface area contributed by atoms with E-state index in [1.165, 1.54) is 0 Å². The van der Waals surface area contributed by atoms with Gasteiger partial charge in [0.25, 0.3) is 0 Å². The minimum atomic E-state index is -0.150. The Labute approximate surface area is 179 Å². The van der Waals surface area contributed by atoms with Crippen LogP contribution in [0.15, 0.2) is 85.1 Å². The molecule has 1 amide bonds. The molecule has 1 N–H and O–H groups in total. The number of anilines is 1. The van der Waals surface area contributed by atoms with Crippen molar-refractivity contribution in [2.75, 3.05) is 12.4 Å². The van der Waals surface area contributed by atoms with Gasteiger partial charge in [-0.15, -0.1) is 0 Å². The van der Waals surface area contributed by atoms with Crippen LogP contribution in [-0.4, -0.2) is 27.8 Å². The highest BCUT2D eigenvalue weighted by Gasteiger charge is 2.18. The van der Waals surface area contributed by atoms with Gasteiger partial charge in [-0.2, -0.15) is 5.10 Å². The number of carbonyl (C=O) groups excluding carboxylic acids is 1. The van der Waals surface area contributed by atoms with E-state index < -0.39 is 0 Å². The maximum atomic E-state index is 12.8. The van der Waals surface area contributed by atoms with Gasteiger partial charge in [0.1, 0.15) is 18.0 Å². The molecule has 5 aromatic rings. The SMILES string of the molecule is COc1ccc2ncc3c(-c4ccccc4)nn(CC(=O)Nc4ccccc4)c3c2c1. The number of fused-ring (bicyclic) bond motifs is 3. The Bertz CT molecular complexity index is 1380. The van der Waals surface area contributed by atoms with E-state index in [1.807, 2.05) is 85.1 Å². The van der Waals surface area contributed by atoms with Gasteiger partial charge < -0.3 is 10.1 Å². The van der Waals surface area contributed by atoms with Crippen molar-refractivity contribution in [3.8, 4) is 17.0 Å². The van der Waals surface area contributed by atoms with E-state index in [0.717, 1.165) is 44.5 Å². The van der Waals surface area contributed by atoms with Crippen molar-refractivity contribution in [3.63, 3.8) is 0 Å². The Balaban J connectivity index is 1.66. The largest absolute Gasteiger partial charge is 0.497 e. The van der Waals surface area contributed by atoms with Crippen LogP contribution in [0, 0.1) is 0 Å². The first-order valence-corrected chi connectivity index (χ1v) is 9.96. The highest BCUT2D eigenvalue weighted by atomic mass is 16.5. The predicted molar refractivity (Wildman–Crippen MR) is 122 cm³/mol. The third-order valence-electron chi connectivity index (χ3n) is 5.18. The highest BCUT2D eigenvalue weighted by Crippen LogP contribution is 2.33. The molecule has 0 aliphatic rings. The van der Waals surface area contributed by atoms with Crippen molar-refractivity contribution in [2.45, 2.75) is 6.54 Å². The van der Waals surface area contributed by atoms with Crippen molar-refractivity contribution in [1.29, 1.82) is 0 Å². The Morgan fingerprint density at radius 3 is 2.45 bits per heavy atom. The van der Waals surface area contributed by atoms with Crippen LogP contribution in [0.2, 0.25) is 0 Å². The van der Waals surface area contributed by atoms with Gasteiger partial charge in [-0.25, -0.2) is 0 Å². The molecule has 0 aliphatic heterocycles. The molecular formula is C25H20N4O2. The summed E-state index contributed by atoms with van der Waals surface area (Å²) in [6.45, 7) is 0.0779. The molecule has 0 saturated heterocycles. The van der Waals surface area contributed by atoms with Gasteiger partial charge in [-0.1, -0.05) is 48.5 Å². The summed E-state index contributed by atoms with van der Waals surface area (Å²) in [5, 5.41) is 9.53. The Kier molecular flexibility index (Phi) is 4.80. The van der Waals surface area contributed by atoms with Crippen molar-refractivity contribution >= 4 is 33.4 Å². The summed E-state index contributed by atoms with van der Waals surface area (Å²) in [5.74, 6) is 0.576. The standard InChI is InChI=1S/C25H20N4O2/c1-31-19-12-13-22-20(14-19)25-21(15-26-22)24(17-8-4-2-5-9-17)28-29(25)16-23(30)27-18-10-6-3-7-11-18/h2-15H,16H2,1H3,(H,27,30). The van der Waals surface area contributed by atoms with Crippen LogP contribution in [0.3, 0.4) is 0 Å². The summed E-state index contributed by atoms with van der Waals surface area (Å²) in [5.41, 5.74) is 4.18. The molecule has 3 aromatic carbocycles. The topological polar surface area (TPSA) is 69.0 Å². The Morgan fingerprint density at radius 2 is 1.71 bits per heavy atom. The van der Waals surface area contributed by atoms with Gasteiger partial charge in [0.15, 0.2) is 0 Å². The second kappa shape index (κ2) is 7.91. The summed E-state index contributed by atoms with van der Waals surface area (Å²) in [7, 11) is 1.63. The first-order valence-electron chi connectivity index (χ1n) is 9.96. The number of ether oxygens (including phenoxy) is 1. The fraction of sp³-hybridized carbons (Fsp3) is 0.0800. The fourth-order valence-corrected chi connectivity index (χ4v) is 3.74. The maximum absolute atomic E-state index is 12.8. The summed E-state index contributed by atoms with van der Waals surface area (Å²) in [6, 6.07) is 25.1. The molecule has 31 heavy (non-hydrogen) atoms. The summed E-state index contributed by atoms with van der Waals surface area (Å²) in [4.78, 5) is 17.4. The number of hydrogen-bond acceptors (Lipinski definition) is 4. The zero-order chi connectivity index (χ0) is 21.2. The molecule has 152 valence electrons. The second-order valence-corrected chi connectivity index (χ2v) is 7.19. The van der Waals surface area contributed by atoms with E-state index in [2.05, 4.69) is 10.3 Å². The minimum Gasteiger partial charge on any atom is -0.497 e. The van der Waals surface area contributed by atoms with Gasteiger partial charge in [-0.05, 0) is 30.3 Å². The second-order valence-electron chi connectivity index (χ2n) is 7.19. The quantitative estimate of drug-likeness (QED) is 0.449. The van der Waals surface area contributed by atoms with E-state index in [1.54, 1.807) is 11.8 Å². The first-order chi connectivity index (χ1) is 15.2. The summed E-state index contributed by atoms with van der Waals surface area (Å²) >= 11 is 0. The maximum Gasteiger partial charge on any atom is 0.246 e. The van der Waals surface area contributed by atoms with Crippen LogP contribution in [0.4, 0.5) is 5.69 Å². The van der Waals surface area contributed by atoms with Gasteiger partial charge in [0, 0.05) is 28.2 Å². The Morgan fingerprint density at radius 1 is 0.968 bits per heavy atom. The molecule has 0 aliphatic carbocycles. The van der Waals surface area contributed by atoms with Gasteiger partial charge >= 0.3 is 0 Å². The highest BCUT2D eigenvalue weighted by molar-refractivity contribution is 6.09. The third kappa shape index (κ3) is 3.59. The lowest BCUT2D eigenvalue weighted by Gasteiger charge is -2.08. The van der Waals surface area contributed by atoms with Crippen LogP contribution in [0.1, 0.15) is 0 Å². The fourth-order valence-electron chi connectivity index (χ4n) is 3.74. The van der Waals surface area contributed by atoms with Crippen molar-refractivity contribution in [2.24, 2.45) is 0 Å². The number of methoxy groups -OCH3 is 1. The van der Waals surface area contributed by atoms with E-state index in [-0.39, 0.29) is 12.5 Å². The number of benzene rings is 3. The molecule has 0 saturated carbocycles. The van der Waals surface area contributed by atoms with Crippen molar-refractivity contribution in [3.05, 3.63) is 85.1 Å². The van der Waals surface area contributed by atoms with Crippen molar-refractivity contribution < 1.29 is 9.53 Å². The number of para-hydroxylation sites is 1. The zero-order valence-electron chi connectivity index (χ0n) is 16.9. The molecule has 0 radical (unpaired) electrons. The number of rotatable bonds is 5. The molecule has 0 fully saturated rings. The molecule has 5 rings (SSSR count). The van der Waals surface area contributed by atoms with Crippen LogP contribution >= 0.6 is 0 Å². The Hall–Kier alpha value is -4.19. The number of aromatic nitrogens is 3. The van der Waals surface area contributed by atoms with E-state index in [9.17, 15) is 4.79 Å². The summed E-state index contributed by atoms with van der Waals surface area (Å²) < 4.78 is 7.18. The number of hydrogen-bond donors (Lipinski definition) is 1. The molecule has 6 nitrogen and oxygen atoms in total. The van der Waals surface area contributed by atoms with E-state index >= 15 is 0 Å². The lowest BCUT2D eigenvalue weighted by Crippen LogP contribution is -2.19. The van der Waals surface area contributed by atoms with Gasteiger partial charge in [0.2, 0.25) is 5.91 Å². The van der Waals surface area contributed by atoms with Gasteiger partial charge in [-0.3, -0.25) is 14.5 Å². The van der Waals surface area contributed by atoms with Crippen LogP contribution in [0.5, 0.6) is 5.75 Å². The average Bonchev–Trinajstić information content (AvgIpc) is 3.18. The van der Waals surface area contributed by atoms with E-state index in [4.69, 9.17) is 9.84 Å². The number of pyridine rings is 1. The molecule has 0 bridgehead atoms.